The van der Waals surface area contributed by atoms with Gasteiger partial charge in [-0.25, -0.2) is 8.42 Å². The molecule has 4 nitrogen and oxygen atoms in total. The molecule has 0 radical (unpaired) electrons. The number of hydrogen-bond donors (Lipinski definition) is 0. The molecule has 0 aromatic heterocycles. The fourth-order valence-electron chi connectivity index (χ4n) is 5.28. The van der Waals surface area contributed by atoms with Crippen LogP contribution in [0.2, 0.25) is 10.0 Å². The first kappa shape index (κ1) is 28.7. The summed E-state index contributed by atoms with van der Waals surface area (Å²) >= 11 is 12.6. The van der Waals surface area contributed by atoms with Crippen molar-refractivity contribution in [2.45, 2.75) is 70.7 Å². The van der Waals surface area contributed by atoms with E-state index in [0.29, 0.717) is 22.9 Å². The highest BCUT2D eigenvalue weighted by molar-refractivity contribution is 7.92. The highest BCUT2D eigenvalue weighted by Gasteiger charge is 2.52. The molecule has 0 aliphatic carbocycles. The predicted molar refractivity (Wildman–Crippen MR) is 150 cm³/mol. The van der Waals surface area contributed by atoms with E-state index in [0.717, 1.165) is 11.1 Å². The van der Waals surface area contributed by atoms with Crippen molar-refractivity contribution < 1.29 is 13.2 Å². The molecule has 0 N–H and O–H groups in total. The Bertz CT molecular complexity index is 1190. The van der Waals surface area contributed by atoms with Crippen molar-refractivity contribution in [2.75, 3.05) is 5.75 Å². The molecule has 2 aromatic rings. The summed E-state index contributed by atoms with van der Waals surface area (Å²) in [6.07, 6.45) is 2.86. The molecule has 1 saturated heterocycles. The van der Waals surface area contributed by atoms with Gasteiger partial charge in [-0.3, -0.25) is 4.79 Å². The number of carbonyl (C=O) groups is 1. The SMILES string of the molecule is C=CC[C@@]1(C)C[C@H](c2cccc(Cl)c2)C(c2ccc(Cl)cc2)N([C@H](CS(=O)(=O)C(C)C)C(C)C)C1=O. The number of likely N-dealkylation sites (tertiary alicyclic amines) is 1. The van der Waals surface area contributed by atoms with E-state index in [1.165, 1.54) is 0 Å². The van der Waals surface area contributed by atoms with Crippen molar-refractivity contribution in [3.05, 3.63) is 82.4 Å². The molecule has 196 valence electrons. The van der Waals surface area contributed by atoms with Crippen molar-refractivity contribution in [3.8, 4) is 0 Å². The zero-order valence-corrected chi connectivity index (χ0v) is 24.1. The molecule has 0 spiro atoms. The Balaban J connectivity index is 2.29. The lowest BCUT2D eigenvalue weighted by Crippen LogP contribution is -2.58. The number of sulfone groups is 1. The first-order chi connectivity index (χ1) is 16.8. The Morgan fingerprint density at radius 2 is 1.69 bits per heavy atom. The fraction of sp³-hybridized carbons (Fsp3) is 0.483. The van der Waals surface area contributed by atoms with E-state index in [2.05, 4.69) is 6.58 Å². The Hall–Kier alpha value is -1.82. The molecule has 3 rings (SSSR count). The fourth-order valence-corrected chi connectivity index (χ4v) is 7.01. The zero-order valence-electron chi connectivity index (χ0n) is 21.7. The third kappa shape index (κ3) is 6.00. The standard InChI is InChI=1S/C29H37Cl2NO3S/c1-7-15-29(6)17-25(22-9-8-10-24(31)16-22)27(21-11-13-23(30)14-12-21)32(28(29)33)26(19(2)3)18-36(34,35)20(4)5/h7-14,16,19-20,25-27H,1,15,17-18H2,2-6H3/t25-,26-,27?,29+/m1/s1. The van der Waals surface area contributed by atoms with Gasteiger partial charge in [-0.15, -0.1) is 6.58 Å². The number of hydrogen-bond acceptors (Lipinski definition) is 3. The quantitative estimate of drug-likeness (QED) is 0.304. The van der Waals surface area contributed by atoms with Crippen LogP contribution < -0.4 is 0 Å². The van der Waals surface area contributed by atoms with E-state index in [9.17, 15) is 13.2 Å². The van der Waals surface area contributed by atoms with Gasteiger partial charge in [0.15, 0.2) is 9.84 Å². The van der Waals surface area contributed by atoms with Gasteiger partial charge in [0.1, 0.15) is 0 Å². The molecular formula is C29H37Cl2NO3S. The maximum Gasteiger partial charge on any atom is 0.229 e. The van der Waals surface area contributed by atoms with Crippen LogP contribution in [0.15, 0.2) is 61.2 Å². The summed E-state index contributed by atoms with van der Waals surface area (Å²) in [6.45, 7) is 13.2. The highest BCUT2D eigenvalue weighted by atomic mass is 35.5. The maximum absolute atomic E-state index is 14.4. The first-order valence-electron chi connectivity index (χ1n) is 12.5. The lowest BCUT2D eigenvalue weighted by Gasteiger charge is -2.53. The van der Waals surface area contributed by atoms with Gasteiger partial charge >= 0.3 is 0 Å². The molecular weight excluding hydrogens is 513 g/mol. The van der Waals surface area contributed by atoms with Gasteiger partial charge in [0.05, 0.1) is 22.5 Å². The van der Waals surface area contributed by atoms with Gasteiger partial charge < -0.3 is 4.90 Å². The average Bonchev–Trinajstić information content (AvgIpc) is 2.80. The average molecular weight is 551 g/mol. The van der Waals surface area contributed by atoms with Gasteiger partial charge in [0, 0.05) is 22.0 Å². The van der Waals surface area contributed by atoms with E-state index in [1.54, 1.807) is 19.9 Å². The lowest BCUT2D eigenvalue weighted by atomic mass is 9.67. The van der Waals surface area contributed by atoms with Crippen LogP contribution >= 0.6 is 23.2 Å². The van der Waals surface area contributed by atoms with Crippen molar-refractivity contribution in [3.63, 3.8) is 0 Å². The molecule has 36 heavy (non-hydrogen) atoms. The topological polar surface area (TPSA) is 54.5 Å². The Morgan fingerprint density at radius 1 is 1.06 bits per heavy atom. The second-order valence-corrected chi connectivity index (χ2v) is 14.3. The molecule has 0 bridgehead atoms. The maximum atomic E-state index is 14.4. The van der Waals surface area contributed by atoms with Crippen LogP contribution in [-0.4, -0.2) is 36.3 Å². The van der Waals surface area contributed by atoms with Crippen molar-refractivity contribution in [2.24, 2.45) is 11.3 Å². The van der Waals surface area contributed by atoms with Crippen LogP contribution in [0.1, 0.15) is 70.5 Å². The van der Waals surface area contributed by atoms with E-state index >= 15 is 0 Å². The smallest absolute Gasteiger partial charge is 0.229 e. The van der Waals surface area contributed by atoms with Gasteiger partial charge in [-0.05, 0) is 68.0 Å². The Labute approximate surface area is 226 Å². The molecule has 0 saturated carbocycles. The second kappa shape index (κ2) is 11.3. The predicted octanol–water partition coefficient (Wildman–Crippen LogP) is 7.48. The monoisotopic (exact) mass is 549 g/mol. The minimum atomic E-state index is -3.42. The lowest BCUT2D eigenvalue weighted by molar-refractivity contribution is -0.155. The minimum absolute atomic E-state index is 0.0433. The highest BCUT2D eigenvalue weighted by Crippen LogP contribution is 2.52. The van der Waals surface area contributed by atoms with Gasteiger partial charge in [-0.1, -0.05) is 74.3 Å². The molecule has 1 aliphatic heterocycles. The zero-order chi connectivity index (χ0) is 26.8. The van der Waals surface area contributed by atoms with E-state index in [1.807, 2.05) is 74.2 Å². The number of carbonyl (C=O) groups excluding carboxylic acids is 1. The Kier molecular flexibility index (Phi) is 9.01. The molecule has 2 aromatic carbocycles. The van der Waals surface area contributed by atoms with Crippen molar-refractivity contribution in [1.29, 1.82) is 0 Å². The minimum Gasteiger partial charge on any atom is -0.330 e. The molecule has 4 atom stereocenters. The molecule has 1 aliphatic rings. The number of halogens is 2. The van der Waals surface area contributed by atoms with E-state index in [4.69, 9.17) is 23.2 Å². The van der Waals surface area contributed by atoms with E-state index in [-0.39, 0.29) is 29.5 Å². The van der Waals surface area contributed by atoms with Crippen LogP contribution in [-0.2, 0) is 14.6 Å². The summed E-state index contributed by atoms with van der Waals surface area (Å²) in [7, 11) is -3.42. The number of rotatable bonds is 9. The first-order valence-corrected chi connectivity index (χ1v) is 14.9. The molecule has 1 fully saturated rings. The van der Waals surface area contributed by atoms with Crippen LogP contribution in [0.3, 0.4) is 0 Å². The summed E-state index contributed by atoms with van der Waals surface area (Å²) in [5, 5.41) is 0.695. The van der Waals surface area contributed by atoms with Crippen LogP contribution in [0.25, 0.3) is 0 Å². The normalized spacial score (nSPS) is 23.8. The second-order valence-electron chi connectivity index (χ2n) is 10.8. The van der Waals surface area contributed by atoms with Crippen LogP contribution in [0, 0.1) is 11.3 Å². The number of allylic oxidation sites excluding steroid dienone is 1. The number of nitrogens with zero attached hydrogens (tertiary/aromatic N) is 1. The van der Waals surface area contributed by atoms with Gasteiger partial charge in [0.2, 0.25) is 5.91 Å². The number of amides is 1. The number of piperidine rings is 1. The number of benzene rings is 2. The largest absolute Gasteiger partial charge is 0.330 e. The van der Waals surface area contributed by atoms with Crippen molar-refractivity contribution >= 4 is 38.9 Å². The van der Waals surface area contributed by atoms with E-state index < -0.39 is 26.5 Å². The third-order valence-electron chi connectivity index (χ3n) is 7.43. The molecule has 1 heterocycles. The summed E-state index contributed by atoms with van der Waals surface area (Å²) in [4.78, 5) is 16.2. The summed E-state index contributed by atoms with van der Waals surface area (Å²) < 4.78 is 26.4. The van der Waals surface area contributed by atoms with Crippen molar-refractivity contribution in [1.82, 2.24) is 4.90 Å². The Morgan fingerprint density at radius 3 is 2.22 bits per heavy atom. The van der Waals surface area contributed by atoms with Gasteiger partial charge in [-0.2, -0.15) is 0 Å². The summed E-state index contributed by atoms with van der Waals surface area (Å²) in [6, 6.07) is 14.4. The summed E-state index contributed by atoms with van der Waals surface area (Å²) in [5.74, 6) is -0.317. The van der Waals surface area contributed by atoms with Gasteiger partial charge in [0.25, 0.3) is 0 Å². The molecule has 1 unspecified atom stereocenters. The van der Waals surface area contributed by atoms with Crippen LogP contribution in [0.4, 0.5) is 0 Å². The summed E-state index contributed by atoms with van der Waals surface area (Å²) in [5.41, 5.74) is 1.21. The third-order valence-corrected chi connectivity index (χ3v) is 10.2. The molecule has 7 heteroatoms. The molecule has 1 amide bonds. The van der Waals surface area contributed by atoms with Crippen LogP contribution in [0.5, 0.6) is 0 Å².